The van der Waals surface area contributed by atoms with Gasteiger partial charge in [0.25, 0.3) is 0 Å². The molecule has 0 fully saturated rings. The molecule has 3 atom stereocenters. The molecule has 0 spiro atoms. The van der Waals surface area contributed by atoms with Crippen molar-refractivity contribution in [2.75, 3.05) is 5.32 Å². The smallest absolute Gasteiger partial charge is 0.309 e. The molecule has 0 amide bonds. The number of fused-ring (bicyclic) bond motifs is 1. The molecule has 9 heteroatoms. The lowest BCUT2D eigenvalue weighted by Crippen LogP contribution is -2.39. The first kappa shape index (κ1) is 19.5. The van der Waals surface area contributed by atoms with Gasteiger partial charge in [-0.3, -0.25) is 9.89 Å². The highest BCUT2D eigenvalue weighted by Gasteiger charge is 2.34. The Morgan fingerprint density at radius 2 is 2.17 bits per heavy atom. The molecule has 0 aliphatic heterocycles. The molecule has 1 aromatic carbocycles. The van der Waals surface area contributed by atoms with Gasteiger partial charge in [0.05, 0.1) is 41.2 Å². The maximum atomic E-state index is 14.7. The molecule has 152 valence electrons. The third kappa shape index (κ3) is 3.37. The van der Waals surface area contributed by atoms with E-state index < -0.39 is 29.6 Å². The fraction of sp³-hybridized carbons (Fsp3) is 0.238. The number of nitrogens with one attached hydrogen (secondary N) is 2. The van der Waals surface area contributed by atoms with Crippen LogP contribution in [0, 0.1) is 34.8 Å². The molecule has 3 aromatic rings. The van der Waals surface area contributed by atoms with Crippen molar-refractivity contribution >= 4 is 22.7 Å². The Bertz CT molecular complexity index is 1210. The Morgan fingerprint density at radius 1 is 1.37 bits per heavy atom. The van der Waals surface area contributed by atoms with Crippen molar-refractivity contribution in [3.05, 3.63) is 53.7 Å². The minimum Gasteiger partial charge on any atom is -0.481 e. The number of aromatic nitrogens is 3. The number of halogens is 2. The van der Waals surface area contributed by atoms with Crippen LogP contribution in [-0.4, -0.2) is 32.3 Å². The molecule has 0 bridgehead atoms. The maximum absolute atomic E-state index is 14.7. The van der Waals surface area contributed by atoms with Crippen LogP contribution >= 0.6 is 0 Å². The Labute approximate surface area is 170 Å². The Hall–Kier alpha value is -3.80. The normalized spacial score (nSPS) is 20.8. The minimum absolute atomic E-state index is 0.0233. The number of pyridine rings is 1. The fourth-order valence-corrected chi connectivity index (χ4v) is 3.84. The summed E-state index contributed by atoms with van der Waals surface area (Å²) < 4.78 is 28.4. The molecule has 30 heavy (non-hydrogen) atoms. The molecule has 4 rings (SSSR count). The highest BCUT2D eigenvalue weighted by Crippen LogP contribution is 2.34. The SMILES string of the molecule is CC1CC=C[C@@H](Nc2cc(-c3[nH]nc4ncc(F)cc34)c(C#N)cc2F)C1C(=O)O. The third-order valence-electron chi connectivity index (χ3n) is 5.33. The van der Waals surface area contributed by atoms with Gasteiger partial charge >= 0.3 is 5.97 Å². The molecule has 1 aliphatic carbocycles. The van der Waals surface area contributed by atoms with E-state index in [-0.39, 0.29) is 22.8 Å². The highest BCUT2D eigenvalue weighted by molar-refractivity contribution is 5.93. The molecule has 2 unspecified atom stereocenters. The average molecular weight is 409 g/mol. The summed E-state index contributed by atoms with van der Waals surface area (Å²) in [5.74, 6) is -3.11. The predicted octanol–water partition coefficient (Wildman–Crippen LogP) is 3.85. The van der Waals surface area contributed by atoms with E-state index in [1.165, 1.54) is 12.1 Å². The first-order valence-electron chi connectivity index (χ1n) is 9.28. The first-order valence-corrected chi connectivity index (χ1v) is 9.28. The van der Waals surface area contributed by atoms with Crippen LogP contribution in [0.25, 0.3) is 22.3 Å². The Kier molecular flexibility index (Phi) is 4.91. The molecular formula is C21H17F2N5O2. The van der Waals surface area contributed by atoms with E-state index in [1.807, 2.05) is 19.1 Å². The lowest BCUT2D eigenvalue weighted by Gasteiger charge is -2.31. The van der Waals surface area contributed by atoms with E-state index in [2.05, 4.69) is 20.5 Å². The van der Waals surface area contributed by atoms with Gasteiger partial charge in [-0.15, -0.1) is 0 Å². The number of nitriles is 1. The van der Waals surface area contributed by atoms with Crippen molar-refractivity contribution < 1.29 is 18.7 Å². The monoisotopic (exact) mass is 409 g/mol. The fourth-order valence-electron chi connectivity index (χ4n) is 3.84. The summed E-state index contributed by atoms with van der Waals surface area (Å²) in [6.07, 6.45) is 5.22. The van der Waals surface area contributed by atoms with Gasteiger partial charge in [0.15, 0.2) is 5.65 Å². The van der Waals surface area contributed by atoms with Gasteiger partial charge in [-0.1, -0.05) is 19.1 Å². The van der Waals surface area contributed by atoms with Crippen molar-refractivity contribution in [2.45, 2.75) is 19.4 Å². The maximum Gasteiger partial charge on any atom is 0.309 e. The van der Waals surface area contributed by atoms with E-state index >= 15 is 0 Å². The second kappa shape index (κ2) is 7.55. The van der Waals surface area contributed by atoms with E-state index in [1.54, 1.807) is 6.08 Å². The molecule has 1 aliphatic rings. The number of nitrogens with zero attached hydrogens (tertiary/aromatic N) is 3. The number of benzene rings is 1. The zero-order valence-corrected chi connectivity index (χ0v) is 15.9. The molecule has 2 heterocycles. The lowest BCUT2D eigenvalue weighted by atomic mass is 9.81. The van der Waals surface area contributed by atoms with Crippen LogP contribution in [-0.2, 0) is 4.79 Å². The van der Waals surface area contributed by atoms with Gasteiger partial charge in [-0.05, 0) is 30.5 Å². The van der Waals surface area contributed by atoms with Gasteiger partial charge in [0, 0.05) is 10.9 Å². The summed E-state index contributed by atoms with van der Waals surface area (Å²) in [4.78, 5) is 15.6. The molecule has 7 nitrogen and oxygen atoms in total. The minimum atomic E-state index is -0.972. The molecule has 0 saturated heterocycles. The summed E-state index contributed by atoms with van der Waals surface area (Å²) in [6, 6.07) is 4.99. The number of rotatable bonds is 4. The van der Waals surface area contributed by atoms with Crippen molar-refractivity contribution in [1.82, 2.24) is 15.2 Å². The van der Waals surface area contributed by atoms with Gasteiger partial charge in [0.2, 0.25) is 0 Å². The zero-order chi connectivity index (χ0) is 21.4. The second-order valence-corrected chi connectivity index (χ2v) is 7.29. The predicted molar refractivity (Wildman–Crippen MR) is 105 cm³/mol. The van der Waals surface area contributed by atoms with Crippen LogP contribution in [0.1, 0.15) is 18.9 Å². The largest absolute Gasteiger partial charge is 0.481 e. The van der Waals surface area contributed by atoms with Gasteiger partial charge in [0.1, 0.15) is 11.6 Å². The van der Waals surface area contributed by atoms with Gasteiger partial charge in [-0.2, -0.15) is 10.4 Å². The summed E-state index contributed by atoms with van der Waals surface area (Å²) in [5, 5.41) is 29.1. The Morgan fingerprint density at radius 3 is 2.90 bits per heavy atom. The summed E-state index contributed by atoms with van der Waals surface area (Å²) in [5.41, 5.74) is 0.931. The van der Waals surface area contributed by atoms with Crippen molar-refractivity contribution in [3.8, 4) is 17.3 Å². The summed E-state index contributed by atoms with van der Waals surface area (Å²) >= 11 is 0. The van der Waals surface area contributed by atoms with Crippen molar-refractivity contribution in [1.29, 1.82) is 5.26 Å². The second-order valence-electron chi connectivity index (χ2n) is 7.29. The van der Waals surface area contributed by atoms with Crippen LogP contribution in [0.3, 0.4) is 0 Å². The molecule has 0 saturated carbocycles. The van der Waals surface area contributed by atoms with Crippen molar-refractivity contribution in [2.24, 2.45) is 11.8 Å². The van der Waals surface area contributed by atoms with E-state index in [4.69, 9.17) is 0 Å². The van der Waals surface area contributed by atoms with E-state index in [0.717, 1.165) is 12.3 Å². The number of aliphatic carboxylic acids is 1. The molecule has 3 N–H and O–H groups in total. The number of H-pyrrole nitrogens is 1. The quantitative estimate of drug-likeness (QED) is 0.564. The Balaban J connectivity index is 1.80. The molecule has 0 radical (unpaired) electrons. The summed E-state index contributed by atoms with van der Waals surface area (Å²) in [6.45, 7) is 1.83. The third-order valence-corrected chi connectivity index (χ3v) is 5.33. The number of carboxylic acids is 1. The van der Waals surface area contributed by atoms with Gasteiger partial charge < -0.3 is 10.4 Å². The van der Waals surface area contributed by atoms with Crippen LogP contribution in [0.15, 0.2) is 36.5 Å². The van der Waals surface area contributed by atoms with E-state index in [0.29, 0.717) is 23.1 Å². The van der Waals surface area contributed by atoms with Crippen LogP contribution < -0.4 is 5.32 Å². The van der Waals surface area contributed by atoms with Crippen LogP contribution in [0.5, 0.6) is 0 Å². The number of hydrogen-bond donors (Lipinski definition) is 3. The van der Waals surface area contributed by atoms with Crippen molar-refractivity contribution in [3.63, 3.8) is 0 Å². The molecular weight excluding hydrogens is 392 g/mol. The zero-order valence-electron chi connectivity index (χ0n) is 15.9. The highest BCUT2D eigenvalue weighted by atomic mass is 19.1. The number of carboxylic acid groups (broad SMARTS) is 1. The number of hydrogen-bond acceptors (Lipinski definition) is 5. The lowest BCUT2D eigenvalue weighted by molar-refractivity contribution is -0.143. The average Bonchev–Trinajstić information content (AvgIpc) is 3.11. The van der Waals surface area contributed by atoms with E-state index in [9.17, 15) is 23.9 Å². The number of aromatic amines is 1. The van der Waals surface area contributed by atoms with Gasteiger partial charge in [-0.25, -0.2) is 13.8 Å². The summed E-state index contributed by atoms with van der Waals surface area (Å²) in [7, 11) is 0. The topological polar surface area (TPSA) is 115 Å². The molecule has 2 aromatic heterocycles. The first-order chi connectivity index (χ1) is 14.4. The van der Waals surface area contributed by atoms with Crippen LogP contribution in [0.4, 0.5) is 14.5 Å². The van der Waals surface area contributed by atoms with Crippen LogP contribution in [0.2, 0.25) is 0 Å². The number of carbonyl (C=O) groups is 1. The standard InChI is InChI=1S/C21H17F2N5O2/c1-10-3-2-4-16(18(10)21(29)30)26-17-7-13(11(8-24)5-15(17)23)19-14-6-12(22)9-25-20(14)28-27-19/h2,4-7,9-10,16,18,26H,3H2,1H3,(H,29,30)(H,25,27,28)/t10?,16-,18?/m1/s1. The number of anilines is 1. The number of allylic oxidation sites excluding steroid dienone is 1.